The highest BCUT2D eigenvalue weighted by molar-refractivity contribution is 7.17. The monoisotopic (exact) mass is 644 g/mol. The molecule has 1 aliphatic rings. The quantitative estimate of drug-likeness (QED) is 0.112. The predicted octanol–water partition coefficient (Wildman–Crippen LogP) is 8.34. The van der Waals surface area contributed by atoms with Crippen LogP contribution >= 0.6 is 8.69 Å². The van der Waals surface area contributed by atoms with Gasteiger partial charge in [0.05, 0.1) is 17.7 Å². The number of rotatable bonds is 12. The molecule has 0 N–H and O–H groups in total. The molecule has 5 rings (SSSR count). The van der Waals surface area contributed by atoms with Crippen molar-refractivity contribution in [2.75, 3.05) is 18.0 Å². The number of carbonyl (C=O) groups excluding carboxylic acids is 1. The molecule has 3 aromatic carbocycles. The van der Waals surface area contributed by atoms with Gasteiger partial charge in [0.15, 0.2) is 0 Å². The lowest BCUT2D eigenvalue weighted by Crippen LogP contribution is -2.47. The summed E-state index contributed by atoms with van der Waals surface area (Å²) in [5.41, 5.74) is 2.06. The lowest BCUT2D eigenvalue weighted by Gasteiger charge is -2.40. The lowest BCUT2D eigenvalue weighted by molar-refractivity contribution is -0.159. The Kier molecular flexibility index (Phi) is 10.7. The average molecular weight is 645 g/mol. The van der Waals surface area contributed by atoms with Gasteiger partial charge in [-0.1, -0.05) is 66.7 Å². The fourth-order valence-electron chi connectivity index (χ4n) is 5.40. The van der Waals surface area contributed by atoms with Crippen molar-refractivity contribution in [1.29, 1.82) is 0 Å². The topological polar surface area (TPSA) is 87.2 Å². The molecule has 0 atom stereocenters. The summed E-state index contributed by atoms with van der Waals surface area (Å²) in [4.78, 5) is 19.1. The van der Waals surface area contributed by atoms with Gasteiger partial charge in [-0.2, -0.15) is 4.98 Å². The van der Waals surface area contributed by atoms with Crippen LogP contribution in [0.2, 0.25) is 0 Å². The number of carbonyl (C=O) groups is 1. The highest BCUT2D eigenvalue weighted by Crippen LogP contribution is 2.38. The molecule has 2 heterocycles. The molecule has 46 heavy (non-hydrogen) atoms. The first-order valence-corrected chi connectivity index (χ1v) is 16.0. The summed E-state index contributed by atoms with van der Waals surface area (Å²) in [5, 5.41) is 0. The fourth-order valence-corrected chi connectivity index (χ4v) is 5.80. The van der Waals surface area contributed by atoms with E-state index < -0.39 is 31.7 Å². The van der Waals surface area contributed by atoms with Crippen LogP contribution in [0.15, 0.2) is 91.0 Å². The molecule has 8 nitrogen and oxygen atoms in total. The summed E-state index contributed by atoms with van der Waals surface area (Å²) in [6.07, 6.45) is 0.738. The number of hydrogen-bond acceptors (Lipinski definition) is 8. The fraction of sp³-hybridized carbons (Fsp3) is 0.333. The van der Waals surface area contributed by atoms with Gasteiger partial charge in [-0.25, -0.2) is 8.96 Å². The van der Waals surface area contributed by atoms with E-state index in [1.54, 1.807) is 32.9 Å². The van der Waals surface area contributed by atoms with Gasteiger partial charge in [0.1, 0.15) is 24.6 Å². The molecule has 4 aromatic rings. The summed E-state index contributed by atoms with van der Waals surface area (Å²) in [6, 6.07) is 28.2. The maximum atomic E-state index is 15.7. The standard InChI is InChI=1S/C36H38FN2O6P/c1-35(2,3)44-33(40)23-36(45-46-41)18-20-39(21-19-36)31-16-14-28(22-30(31)37)29-15-17-32(42-24-26-10-6-4-7-11-26)38-34(29)43-25-27-12-8-5-9-13-27/h4-17,22H,18-21,23-25H2,1-3H3. The Morgan fingerprint density at radius 1 is 0.891 bits per heavy atom. The molecule has 1 saturated heterocycles. The third-order valence-electron chi connectivity index (χ3n) is 7.67. The summed E-state index contributed by atoms with van der Waals surface area (Å²) in [6.45, 7) is 6.84. The third kappa shape index (κ3) is 8.89. The van der Waals surface area contributed by atoms with E-state index >= 15 is 4.39 Å². The number of anilines is 1. The van der Waals surface area contributed by atoms with Crippen LogP contribution in [0.25, 0.3) is 11.1 Å². The molecule has 0 saturated carbocycles. The van der Waals surface area contributed by atoms with Gasteiger partial charge in [0.25, 0.3) is 0 Å². The maximum Gasteiger partial charge on any atom is 0.327 e. The molecule has 0 radical (unpaired) electrons. The van der Waals surface area contributed by atoms with Crippen molar-refractivity contribution in [1.82, 2.24) is 4.98 Å². The number of piperidine rings is 1. The van der Waals surface area contributed by atoms with Crippen molar-refractivity contribution >= 4 is 20.3 Å². The minimum atomic E-state index is -0.945. The van der Waals surface area contributed by atoms with E-state index in [-0.39, 0.29) is 13.0 Å². The molecule has 1 aromatic heterocycles. The minimum absolute atomic E-state index is 0.0292. The Hall–Kier alpha value is -4.33. The normalized spacial score (nSPS) is 14.6. The SMILES string of the molecule is CC(C)(C)OC(=O)CC1(OP=O)CCN(c2ccc(-c3ccc(OCc4ccccc4)nc3OCc3ccccc3)cc2F)CC1. The molecule has 0 aliphatic carbocycles. The average Bonchev–Trinajstić information content (AvgIpc) is 3.03. The second-order valence-electron chi connectivity index (χ2n) is 12.3. The number of hydrogen-bond donors (Lipinski definition) is 0. The van der Waals surface area contributed by atoms with E-state index in [0.717, 1.165) is 11.1 Å². The Bertz CT molecular complexity index is 1620. The number of halogens is 1. The highest BCUT2D eigenvalue weighted by Gasteiger charge is 2.40. The van der Waals surface area contributed by atoms with E-state index in [2.05, 4.69) is 4.98 Å². The van der Waals surface area contributed by atoms with Crippen molar-refractivity contribution in [3.8, 4) is 22.9 Å². The van der Waals surface area contributed by atoms with Crippen molar-refractivity contribution in [2.45, 2.75) is 64.4 Å². The summed E-state index contributed by atoms with van der Waals surface area (Å²) >= 11 is 0. The second kappa shape index (κ2) is 14.8. The first kappa shape index (κ1) is 33.0. The molecule has 1 fully saturated rings. The Morgan fingerprint density at radius 3 is 2.11 bits per heavy atom. The van der Waals surface area contributed by atoms with Crippen molar-refractivity contribution in [3.63, 3.8) is 0 Å². The van der Waals surface area contributed by atoms with E-state index in [4.69, 9.17) is 18.7 Å². The maximum absolute atomic E-state index is 15.7. The van der Waals surface area contributed by atoms with Gasteiger partial charge < -0.3 is 19.1 Å². The van der Waals surface area contributed by atoms with Crippen molar-refractivity contribution in [3.05, 3.63) is 108 Å². The number of esters is 1. The van der Waals surface area contributed by atoms with Gasteiger partial charge in [0.2, 0.25) is 11.8 Å². The first-order chi connectivity index (χ1) is 22.1. The number of nitrogens with zero attached hydrogens (tertiary/aromatic N) is 2. The highest BCUT2D eigenvalue weighted by atomic mass is 31.1. The summed E-state index contributed by atoms with van der Waals surface area (Å²) in [7, 11) is -0.507. The molecule has 0 bridgehead atoms. The van der Waals surface area contributed by atoms with E-state index in [9.17, 15) is 9.36 Å². The molecule has 0 unspecified atom stereocenters. The van der Waals surface area contributed by atoms with Crippen LogP contribution in [0.4, 0.5) is 10.1 Å². The molecule has 240 valence electrons. The number of benzene rings is 3. The zero-order valence-corrected chi connectivity index (χ0v) is 27.2. The summed E-state index contributed by atoms with van der Waals surface area (Å²) < 4.78 is 50.3. The van der Waals surface area contributed by atoms with Crippen LogP contribution in [0.3, 0.4) is 0 Å². The lowest BCUT2D eigenvalue weighted by atomic mass is 9.88. The molecule has 10 heteroatoms. The molecule has 0 amide bonds. The van der Waals surface area contributed by atoms with Crippen LogP contribution in [-0.4, -0.2) is 35.2 Å². The molecular weight excluding hydrogens is 606 g/mol. The van der Waals surface area contributed by atoms with Gasteiger partial charge in [-0.15, -0.1) is 0 Å². The van der Waals surface area contributed by atoms with Crippen LogP contribution in [0, 0.1) is 5.82 Å². The Labute approximate surface area is 270 Å². The largest absolute Gasteiger partial charge is 0.473 e. The second-order valence-corrected chi connectivity index (χ2v) is 12.6. The van der Waals surface area contributed by atoms with Crippen LogP contribution in [0.5, 0.6) is 11.8 Å². The number of pyridine rings is 1. The smallest absolute Gasteiger partial charge is 0.327 e. The number of aromatic nitrogens is 1. The van der Waals surface area contributed by atoms with Gasteiger partial charge >= 0.3 is 14.7 Å². The van der Waals surface area contributed by atoms with Gasteiger partial charge in [-0.05, 0) is 68.5 Å². The van der Waals surface area contributed by atoms with Crippen LogP contribution in [0.1, 0.15) is 51.2 Å². The number of ether oxygens (including phenoxy) is 3. The van der Waals surface area contributed by atoms with E-state index in [1.807, 2.05) is 77.7 Å². The summed E-state index contributed by atoms with van der Waals surface area (Å²) in [5.74, 6) is -0.0926. The van der Waals surface area contributed by atoms with Crippen LogP contribution in [-0.2, 0) is 31.8 Å². The van der Waals surface area contributed by atoms with Crippen LogP contribution < -0.4 is 14.4 Å². The van der Waals surface area contributed by atoms with Gasteiger partial charge in [0, 0.05) is 24.7 Å². The molecule has 1 aliphatic heterocycles. The molecular formula is C36H38FN2O6P. The Balaban J connectivity index is 1.32. The van der Waals surface area contributed by atoms with Crippen molar-refractivity contribution < 1.29 is 32.5 Å². The van der Waals surface area contributed by atoms with E-state index in [0.29, 0.717) is 61.1 Å². The minimum Gasteiger partial charge on any atom is -0.473 e. The van der Waals surface area contributed by atoms with E-state index in [1.165, 1.54) is 6.07 Å². The zero-order chi connectivity index (χ0) is 32.6. The van der Waals surface area contributed by atoms with Crippen molar-refractivity contribution in [2.24, 2.45) is 0 Å². The first-order valence-electron chi connectivity index (χ1n) is 15.3. The predicted molar refractivity (Wildman–Crippen MR) is 175 cm³/mol. The Morgan fingerprint density at radius 2 is 1.52 bits per heavy atom. The van der Waals surface area contributed by atoms with Gasteiger partial charge in [-0.3, -0.25) is 9.32 Å². The zero-order valence-electron chi connectivity index (χ0n) is 26.3. The third-order valence-corrected chi connectivity index (χ3v) is 8.14. The molecule has 0 spiro atoms.